The first-order valence-electron chi connectivity index (χ1n) is 0.333. The Labute approximate surface area is 43.2 Å². The fraction of sp³-hybridized carbons (Fsp3) is 0. The van der Waals surface area contributed by atoms with Crippen LogP contribution >= 0.6 is 0 Å². The van der Waals surface area contributed by atoms with Crippen molar-refractivity contribution in [2.24, 2.45) is 0 Å². The van der Waals surface area contributed by atoms with Crippen molar-refractivity contribution < 1.29 is 42.9 Å². The Morgan fingerprint density at radius 3 is 1.25 bits per heavy atom. The van der Waals surface area contributed by atoms with Gasteiger partial charge in [-0.05, 0) is 0 Å². The second kappa shape index (κ2) is 9.19. The molecule has 0 bridgehead atoms. The monoisotopic (exact) mass is 162 g/mol. The van der Waals surface area contributed by atoms with E-state index in [-0.39, 0.29) is 27.3 Å². The van der Waals surface area contributed by atoms with Crippen LogP contribution in [0.5, 0.6) is 0 Å². The molecule has 0 amide bonds. The van der Waals surface area contributed by atoms with Crippen molar-refractivity contribution in [1.82, 2.24) is 0 Å². The van der Waals surface area contributed by atoms with Gasteiger partial charge in [0.15, 0.2) is 0 Å². The molecule has 0 atom stereocenters. The summed E-state index contributed by atoms with van der Waals surface area (Å²) < 4.78 is 0. The van der Waals surface area contributed by atoms with E-state index in [0.29, 0.717) is 0 Å². The Bertz CT molecular complexity index is 3.25. The van der Waals surface area contributed by atoms with Gasteiger partial charge in [-0.3, -0.25) is 0 Å². The van der Waals surface area contributed by atoms with E-state index < -0.39 is 0 Å². The molecule has 0 spiro atoms. The first kappa shape index (κ1) is 8.84. The van der Waals surface area contributed by atoms with E-state index in [2.05, 4.69) is 0 Å². The molecule has 3 nitrogen and oxygen atoms in total. The molecule has 0 saturated heterocycles. The Morgan fingerprint density at radius 2 is 1.25 bits per heavy atom. The second-order valence-corrected chi connectivity index (χ2v) is 0.0680. The molecule has 20 valence electrons. The fourth-order valence-corrected chi connectivity index (χ4v) is 0. The summed E-state index contributed by atoms with van der Waals surface area (Å²) in [6, 6.07) is 0. The van der Waals surface area contributed by atoms with Gasteiger partial charge in [-0.2, -0.15) is 0 Å². The zero-order valence-corrected chi connectivity index (χ0v) is 5.97. The summed E-state index contributed by atoms with van der Waals surface area (Å²) >= 11 is 0. The second-order valence-electron chi connectivity index (χ2n) is 0.0680. The van der Waals surface area contributed by atoms with Crippen LogP contribution < -0.4 is 10.5 Å². The van der Waals surface area contributed by atoms with Crippen LogP contribution in [-0.2, 0) is 32.3 Å². The van der Waals surface area contributed by atoms with Gasteiger partial charge in [-0.1, -0.05) is 0 Å². The molecule has 0 aromatic rings. The molecule has 0 rings (SSSR count). The first-order chi connectivity index (χ1) is 1.41. The molecule has 0 fully saturated rings. The van der Waals surface area contributed by atoms with E-state index >= 15 is 0 Å². The minimum atomic E-state index is 0. The summed E-state index contributed by atoms with van der Waals surface area (Å²) in [6.07, 6.45) is 0. The SMILES string of the molecule is [Cd+2].[O-]O[O-]. The molecule has 4 heavy (non-hydrogen) atoms. The van der Waals surface area contributed by atoms with Crippen molar-refractivity contribution in [2.75, 3.05) is 0 Å². The molecule has 0 saturated carbocycles. The number of hydrogen-bond acceptors (Lipinski definition) is 3. The van der Waals surface area contributed by atoms with Crippen LogP contribution in [0.3, 0.4) is 0 Å². The maximum Gasteiger partial charge on any atom is 2.00 e. The molecule has 0 radical (unpaired) electrons. The van der Waals surface area contributed by atoms with Crippen molar-refractivity contribution >= 4 is 0 Å². The fourth-order valence-electron chi connectivity index (χ4n) is 0. The predicted molar refractivity (Wildman–Crippen MR) is 1.08 cm³/mol. The third-order valence-electron chi connectivity index (χ3n) is 0. The normalized spacial score (nSPS) is 4.50. The molecule has 0 unspecified atom stereocenters. The van der Waals surface area contributed by atoms with Gasteiger partial charge in [0.05, 0.1) is 0 Å². The Morgan fingerprint density at radius 1 is 1.25 bits per heavy atom. The smallest absolute Gasteiger partial charge is 0.734 e. The van der Waals surface area contributed by atoms with Crippen molar-refractivity contribution in [3.63, 3.8) is 0 Å². The van der Waals surface area contributed by atoms with E-state index in [4.69, 9.17) is 10.5 Å². The van der Waals surface area contributed by atoms with Gasteiger partial charge in [-0.15, -0.1) is 0 Å². The van der Waals surface area contributed by atoms with Gasteiger partial charge in [0.1, 0.15) is 0 Å². The quantitative estimate of drug-likeness (QED) is 0.225. The Hall–Kier alpha value is 0.802. The predicted octanol–water partition coefficient (Wildman–Crippen LogP) is -2.45. The molecular formula is CdO3. The third kappa shape index (κ3) is 14.1. The maximum absolute atomic E-state index is 7.88. The van der Waals surface area contributed by atoms with Gasteiger partial charge in [0.25, 0.3) is 0 Å². The minimum absolute atomic E-state index is 0. The van der Waals surface area contributed by atoms with Crippen molar-refractivity contribution in [3.8, 4) is 0 Å². The van der Waals surface area contributed by atoms with E-state index in [1.54, 1.807) is 5.04 Å². The zero-order chi connectivity index (χ0) is 2.71. The van der Waals surface area contributed by atoms with Crippen LogP contribution in [-0.4, -0.2) is 0 Å². The van der Waals surface area contributed by atoms with Crippen molar-refractivity contribution in [1.29, 1.82) is 0 Å². The summed E-state index contributed by atoms with van der Waals surface area (Å²) in [5, 5.41) is 17.5. The maximum atomic E-state index is 7.88. The Kier molecular flexibility index (Phi) is 20.3. The van der Waals surface area contributed by atoms with Crippen molar-refractivity contribution in [2.45, 2.75) is 0 Å². The largest absolute Gasteiger partial charge is 2.00 e. The third-order valence-corrected chi connectivity index (χ3v) is 0. The molecule has 0 heterocycles. The molecular weight excluding hydrogens is 160 g/mol. The van der Waals surface area contributed by atoms with Gasteiger partial charge in [0.2, 0.25) is 0 Å². The minimum Gasteiger partial charge on any atom is -0.734 e. The van der Waals surface area contributed by atoms with Crippen molar-refractivity contribution in [3.05, 3.63) is 0 Å². The van der Waals surface area contributed by atoms with E-state index in [9.17, 15) is 0 Å². The molecule has 0 aromatic heterocycles. The first-order valence-corrected chi connectivity index (χ1v) is 0.333. The standard InChI is InChI=1S/Cd.H2O3/c;1-3-2/h;1-2H/q+2;/p-2. The summed E-state index contributed by atoms with van der Waals surface area (Å²) in [5.41, 5.74) is 0. The molecule has 4 heteroatoms. The van der Waals surface area contributed by atoms with Crippen LogP contribution in [0, 0.1) is 0 Å². The topological polar surface area (TPSA) is 55.3 Å². The van der Waals surface area contributed by atoms with Gasteiger partial charge in [0, 0.05) is 0 Å². The van der Waals surface area contributed by atoms with Crippen LogP contribution in [0.15, 0.2) is 0 Å². The molecule has 0 aliphatic rings. The van der Waals surface area contributed by atoms with Gasteiger partial charge >= 0.3 is 27.3 Å². The summed E-state index contributed by atoms with van der Waals surface area (Å²) in [6.45, 7) is 0. The Balaban J connectivity index is 0. The van der Waals surface area contributed by atoms with Crippen LogP contribution in [0.2, 0.25) is 0 Å². The molecule has 0 aromatic carbocycles. The van der Waals surface area contributed by atoms with Gasteiger partial charge < -0.3 is 15.6 Å². The average molecular weight is 160 g/mol. The van der Waals surface area contributed by atoms with E-state index in [0.717, 1.165) is 0 Å². The van der Waals surface area contributed by atoms with Crippen LogP contribution in [0.4, 0.5) is 0 Å². The van der Waals surface area contributed by atoms with E-state index in [1.165, 1.54) is 0 Å². The number of rotatable bonds is 0. The molecule has 0 aliphatic heterocycles. The van der Waals surface area contributed by atoms with E-state index in [1.807, 2.05) is 0 Å². The summed E-state index contributed by atoms with van der Waals surface area (Å²) in [4.78, 5) is 0. The number of hydrogen-bond donors (Lipinski definition) is 0. The zero-order valence-electron chi connectivity index (χ0n) is 1.93. The summed E-state index contributed by atoms with van der Waals surface area (Å²) in [7, 11) is 0. The van der Waals surface area contributed by atoms with Crippen LogP contribution in [0.1, 0.15) is 0 Å². The molecule has 0 N–H and O–H groups in total. The van der Waals surface area contributed by atoms with Gasteiger partial charge in [-0.25, -0.2) is 0 Å². The summed E-state index contributed by atoms with van der Waals surface area (Å²) in [5.74, 6) is 0. The van der Waals surface area contributed by atoms with Crippen LogP contribution in [0.25, 0.3) is 0 Å². The average Bonchev–Trinajstić information content (AvgIpc) is 0.918. The molecule has 0 aliphatic carbocycles.